The minimum atomic E-state index is -0.0952. The summed E-state index contributed by atoms with van der Waals surface area (Å²) in [6.07, 6.45) is 2.26. The predicted molar refractivity (Wildman–Crippen MR) is 90.3 cm³/mol. The first-order chi connectivity index (χ1) is 10.5. The Morgan fingerprint density at radius 1 is 1.36 bits per heavy atom. The Morgan fingerprint density at radius 3 is 2.68 bits per heavy atom. The fourth-order valence-corrected chi connectivity index (χ4v) is 3.07. The SMILES string of the molecule is CCC(=O)N1CCCC(C(=O)NC(C)c2ccc(Br)cc2)C1. The highest BCUT2D eigenvalue weighted by molar-refractivity contribution is 9.10. The molecule has 2 amide bonds. The van der Waals surface area contributed by atoms with Gasteiger partial charge in [-0.05, 0) is 37.5 Å². The summed E-state index contributed by atoms with van der Waals surface area (Å²) >= 11 is 3.41. The van der Waals surface area contributed by atoms with Gasteiger partial charge >= 0.3 is 0 Å². The lowest BCUT2D eigenvalue weighted by molar-refractivity contribution is -0.135. The van der Waals surface area contributed by atoms with Crippen molar-refractivity contribution in [1.29, 1.82) is 0 Å². The zero-order valence-corrected chi connectivity index (χ0v) is 14.7. The number of amides is 2. The van der Waals surface area contributed by atoms with Crippen LogP contribution in [0.1, 0.15) is 44.7 Å². The first kappa shape index (κ1) is 17.0. The lowest BCUT2D eigenvalue weighted by atomic mass is 9.96. The van der Waals surface area contributed by atoms with Crippen molar-refractivity contribution < 1.29 is 9.59 Å². The molecular formula is C17H23BrN2O2. The third kappa shape index (κ3) is 4.32. The Morgan fingerprint density at radius 2 is 2.05 bits per heavy atom. The molecule has 0 spiro atoms. The van der Waals surface area contributed by atoms with Gasteiger partial charge < -0.3 is 10.2 Å². The minimum Gasteiger partial charge on any atom is -0.349 e. The molecule has 2 unspecified atom stereocenters. The zero-order chi connectivity index (χ0) is 16.1. The fourth-order valence-electron chi connectivity index (χ4n) is 2.81. The van der Waals surface area contributed by atoms with Crippen LogP contribution in [0.15, 0.2) is 28.7 Å². The number of rotatable bonds is 4. The van der Waals surface area contributed by atoms with Crippen LogP contribution in [0.3, 0.4) is 0 Å². The molecule has 0 aliphatic carbocycles. The van der Waals surface area contributed by atoms with Gasteiger partial charge in [0.1, 0.15) is 0 Å². The summed E-state index contributed by atoms with van der Waals surface area (Å²) in [5.41, 5.74) is 1.08. The van der Waals surface area contributed by atoms with E-state index in [0.29, 0.717) is 13.0 Å². The highest BCUT2D eigenvalue weighted by Gasteiger charge is 2.28. The third-order valence-corrected chi connectivity index (χ3v) is 4.70. The molecule has 2 rings (SSSR count). The van der Waals surface area contributed by atoms with Crippen LogP contribution in [0.25, 0.3) is 0 Å². The normalized spacial score (nSPS) is 19.6. The number of hydrogen-bond donors (Lipinski definition) is 1. The maximum absolute atomic E-state index is 12.4. The summed E-state index contributed by atoms with van der Waals surface area (Å²) < 4.78 is 1.02. The van der Waals surface area contributed by atoms with E-state index in [-0.39, 0.29) is 23.8 Å². The summed E-state index contributed by atoms with van der Waals surface area (Å²) in [6.45, 7) is 5.17. The Bertz CT molecular complexity index is 530. The molecule has 0 radical (unpaired) electrons. The Labute approximate surface area is 140 Å². The number of halogens is 1. The van der Waals surface area contributed by atoms with Crippen LogP contribution in [0, 0.1) is 5.92 Å². The molecule has 0 bridgehead atoms. The van der Waals surface area contributed by atoms with Gasteiger partial charge in [0, 0.05) is 24.0 Å². The van der Waals surface area contributed by atoms with Crippen LogP contribution in [0.4, 0.5) is 0 Å². The Balaban J connectivity index is 1.93. The number of carbonyl (C=O) groups is 2. The van der Waals surface area contributed by atoms with Crippen molar-refractivity contribution in [2.75, 3.05) is 13.1 Å². The van der Waals surface area contributed by atoms with Crippen LogP contribution < -0.4 is 5.32 Å². The van der Waals surface area contributed by atoms with Gasteiger partial charge in [-0.2, -0.15) is 0 Å². The summed E-state index contributed by atoms with van der Waals surface area (Å²) in [5, 5.41) is 3.07. The van der Waals surface area contributed by atoms with Gasteiger partial charge in [-0.25, -0.2) is 0 Å². The van der Waals surface area contributed by atoms with E-state index in [1.807, 2.05) is 43.0 Å². The van der Waals surface area contributed by atoms with Crippen molar-refractivity contribution in [2.24, 2.45) is 5.92 Å². The van der Waals surface area contributed by atoms with E-state index in [2.05, 4.69) is 21.2 Å². The molecule has 4 nitrogen and oxygen atoms in total. The minimum absolute atomic E-state index is 0.0298. The number of nitrogens with zero attached hydrogens (tertiary/aromatic N) is 1. The van der Waals surface area contributed by atoms with Crippen LogP contribution in [0.5, 0.6) is 0 Å². The van der Waals surface area contributed by atoms with E-state index in [1.165, 1.54) is 0 Å². The number of likely N-dealkylation sites (tertiary alicyclic amines) is 1. The van der Waals surface area contributed by atoms with Crippen molar-refractivity contribution in [3.05, 3.63) is 34.3 Å². The average molecular weight is 367 g/mol. The van der Waals surface area contributed by atoms with Gasteiger partial charge in [0.2, 0.25) is 11.8 Å². The van der Waals surface area contributed by atoms with E-state index in [9.17, 15) is 9.59 Å². The van der Waals surface area contributed by atoms with Gasteiger partial charge in [0.15, 0.2) is 0 Å². The molecule has 0 saturated carbocycles. The highest BCUT2D eigenvalue weighted by Crippen LogP contribution is 2.20. The van der Waals surface area contributed by atoms with Gasteiger partial charge in [0.25, 0.3) is 0 Å². The maximum atomic E-state index is 12.4. The van der Waals surface area contributed by atoms with Crippen molar-refractivity contribution in [3.8, 4) is 0 Å². The molecule has 1 heterocycles. The summed E-state index contributed by atoms with van der Waals surface area (Å²) in [5.74, 6) is 0.0876. The smallest absolute Gasteiger partial charge is 0.225 e. The number of benzene rings is 1. The molecule has 120 valence electrons. The molecule has 1 aliphatic heterocycles. The first-order valence-corrected chi connectivity index (χ1v) is 8.64. The van der Waals surface area contributed by atoms with Crippen molar-refractivity contribution in [3.63, 3.8) is 0 Å². The van der Waals surface area contributed by atoms with Crippen molar-refractivity contribution in [1.82, 2.24) is 10.2 Å². The standard InChI is InChI=1S/C17H23BrN2O2/c1-3-16(21)20-10-4-5-14(11-20)17(22)19-12(2)13-6-8-15(18)9-7-13/h6-9,12,14H,3-5,10-11H2,1-2H3,(H,19,22). The molecule has 0 aromatic heterocycles. The molecular weight excluding hydrogens is 344 g/mol. The van der Waals surface area contributed by atoms with E-state index in [1.54, 1.807) is 0 Å². The fraction of sp³-hybridized carbons (Fsp3) is 0.529. The molecule has 1 N–H and O–H groups in total. The molecule has 5 heteroatoms. The lowest BCUT2D eigenvalue weighted by Gasteiger charge is -2.32. The quantitative estimate of drug-likeness (QED) is 0.888. The van der Waals surface area contributed by atoms with Crippen molar-refractivity contribution >= 4 is 27.7 Å². The molecule has 1 saturated heterocycles. The predicted octanol–water partition coefficient (Wildman–Crippen LogP) is 3.27. The number of hydrogen-bond acceptors (Lipinski definition) is 2. The van der Waals surface area contributed by atoms with Gasteiger partial charge in [-0.15, -0.1) is 0 Å². The van der Waals surface area contributed by atoms with E-state index in [4.69, 9.17) is 0 Å². The summed E-state index contributed by atoms with van der Waals surface area (Å²) in [6, 6.07) is 7.92. The largest absolute Gasteiger partial charge is 0.349 e. The van der Waals surface area contributed by atoms with Gasteiger partial charge in [-0.1, -0.05) is 35.0 Å². The van der Waals surface area contributed by atoms with E-state index < -0.39 is 0 Å². The lowest BCUT2D eigenvalue weighted by Crippen LogP contribution is -2.45. The Kier molecular flexibility index (Phi) is 6.00. The highest BCUT2D eigenvalue weighted by atomic mass is 79.9. The summed E-state index contributed by atoms with van der Waals surface area (Å²) in [4.78, 5) is 26.1. The van der Waals surface area contributed by atoms with Crippen LogP contribution in [0.2, 0.25) is 0 Å². The van der Waals surface area contributed by atoms with Crippen molar-refractivity contribution in [2.45, 2.75) is 39.2 Å². The number of nitrogens with one attached hydrogen (secondary N) is 1. The topological polar surface area (TPSA) is 49.4 Å². The molecule has 1 aromatic rings. The van der Waals surface area contributed by atoms with Gasteiger partial charge in [-0.3, -0.25) is 9.59 Å². The number of piperidine rings is 1. The molecule has 22 heavy (non-hydrogen) atoms. The second kappa shape index (κ2) is 7.77. The third-order valence-electron chi connectivity index (χ3n) is 4.18. The van der Waals surface area contributed by atoms with E-state index in [0.717, 1.165) is 29.4 Å². The monoisotopic (exact) mass is 366 g/mol. The molecule has 2 atom stereocenters. The van der Waals surface area contributed by atoms with Crippen LogP contribution >= 0.6 is 15.9 Å². The first-order valence-electron chi connectivity index (χ1n) is 7.85. The average Bonchev–Trinajstić information content (AvgIpc) is 2.54. The van der Waals surface area contributed by atoms with E-state index >= 15 is 0 Å². The second-order valence-electron chi connectivity index (χ2n) is 5.81. The van der Waals surface area contributed by atoms with Gasteiger partial charge in [0.05, 0.1) is 12.0 Å². The molecule has 1 aliphatic rings. The number of carbonyl (C=O) groups excluding carboxylic acids is 2. The Hall–Kier alpha value is -1.36. The van der Waals surface area contributed by atoms with Crippen LogP contribution in [-0.2, 0) is 9.59 Å². The summed E-state index contributed by atoms with van der Waals surface area (Å²) in [7, 11) is 0. The zero-order valence-electron chi connectivity index (χ0n) is 13.1. The molecule has 1 fully saturated rings. The molecule has 1 aromatic carbocycles. The second-order valence-corrected chi connectivity index (χ2v) is 6.73. The maximum Gasteiger partial charge on any atom is 0.225 e. The van der Waals surface area contributed by atoms with Crippen LogP contribution in [-0.4, -0.2) is 29.8 Å².